The van der Waals surface area contributed by atoms with Crippen LogP contribution in [0.3, 0.4) is 0 Å². The minimum Gasteiger partial charge on any atom is -0.353 e. The molecule has 4 nitrogen and oxygen atoms in total. The Morgan fingerprint density at radius 2 is 2.09 bits per heavy atom. The number of hydrogen-bond acceptors (Lipinski definition) is 2. The van der Waals surface area contributed by atoms with Gasteiger partial charge in [-0.2, -0.15) is 0 Å². The molecule has 0 radical (unpaired) electrons. The van der Waals surface area contributed by atoms with Crippen LogP contribution in [-0.4, -0.2) is 21.5 Å². The molecular weight excluding hydrogens is 274 g/mol. The first-order valence-corrected chi connectivity index (χ1v) is 8.11. The first kappa shape index (κ1) is 14.8. The van der Waals surface area contributed by atoms with E-state index in [4.69, 9.17) is 0 Å². The molecule has 0 fully saturated rings. The fourth-order valence-corrected chi connectivity index (χ4v) is 2.99. The van der Waals surface area contributed by atoms with Gasteiger partial charge in [-0.15, -0.1) is 0 Å². The number of imidazole rings is 1. The largest absolute Gasteiger partial charge is 0.353 e. The summed E-state index contributed by atoms with van der Waals surface area (Å²) in [7, 11) is 0. The van der Waals surface area contributed by atoms with Crippen LogP contribution in [0.1, 0.15) is 36.6 Å². The number of nitrogens with zero attached hydrogens (tertiary/aromatic N) is 2. The zero-order valence-corrected chi connectivity index (χ0v) is 13.1. The molecule has 2 heterocycles. The molecule has 0 spiro atoms. The Labute approximate surface area is 131 Å². The number of fused-ring (bicyclic) bond motifs is 1. The van der Waals surface area contributed by atoms with Crippen molar-refractivity contribution in [1.82, 2.24) is 14.9 Å². The van der Waals surface area contributed by atoms with Crippen LogP contribution < -0.4 is 5.32 Å². The fourth-order valence-electron chi connectivity index (χ4n) is 2.99. The molecule has 2 aromatic rings. The van der Waals surface area contributed by atoms with Gasteiger partial charge in [-0.05, 0) is 30.4 Å². The molecule has 1 aliphatic rings. The van der Waals surface area contributed by atoms with E-state index >= 15 is 0 Å². The number of rotatable bonds is 5. The van der Waals surface area contributed by atoms with Crippen LogP contribution in [0.25, 0.3) is 0 Å². The van der Waals surface area contributed by atoms with Gasteiger partial charge in [0.1, 0.15) is 0 Å². The molecule has 4 heteroatoms. The lowest BCUT2D eigenvalue weighted by molar-refractivity contribution is -0.121. The number of aromatic nitrogens is 2. The van der Waals surface area contributed by atoms with Crippen molar-refractivity contribution in [2.24, 2.45) is 0 Å². The summed E-state index contributed by atoms with van der Waals surface area (Å²) in [5.41, 5.74) is 3.78. The normalized spacial score (nSPS) is 17.0. The summed E-state index contributed by atoms with van der Waals surface area (Å²) in [6.07, 6.45) is 8.05. The van der Waals surface area contributed by atoms with Crippen LogP contribution in [0.5, 0.6) is 0 Å². The highest BCUT2D eigenvalue weighted by Crippen LogP contribution is 2.14. The SMILES string of the molecule is CCc1ccc(CCC(=O)NC2CCn3cncc3C2)cc1. The summed E-state index contributed by atoms with van der Waals surface area (Å²) in [5.74, 6) is 0.150. The molecule has 116 valence electrons. The first-order valence-electron chi connectivity index (χ1n) is 8.11. The zero-order valence-electron chi connectivity index (χ0n) is 13.1. The Bertz CT molecular complexity index is 630. The highest BCUT2D eigenvalue weighted by atomic mass is 16.1. The molecule has 3 rings (SSSR count). The summed E-state index contributed by atoms with van der Waals surface area (Å²) < 4.78 is 2.16. The average molecular weight is 297 g/mol. The van der Waals surface area contributed by atoms with E-state index in [-0.39, 0.29) is 11.9 Å². The predicted molar refractivity (Wildman–Crippen MR) is 86.6 cm³/mol. The lowest BCUT2D eigenvalue weighted by Crippen LogP contribution is -2.40. The van der Waals surface area contributed by atoms with Crippen LogP contribution in [0, 0.1) is 0 Å². The maximum absolute atomic E-state index is 12.1. The highest BCUT2D eigenvalue weighted by Gasteiger charge is 2.19. The molecule has 0 aliphatic carbocycles. The average Bonchev–Trinajstić information content (AvgIpc) is 3.01. The molecule has 1 aliphatic heterocycles. The molecule has 1 aromatic heterocycles. The van der Waals surface area contributed by atoms with E-state index < -0.39 is 0 Å². The van der Waals surface area contributed by atoms with Crippen molar-refractivity contribution in [2.45, 2.75) is 51.6 Å². The van der Waals surface area contributed by atoms with Crippen LogP contribution >= 0.6 is 0 Å². The minimum atomic E-state index is 0.150. The molecule has 22 heavy (non-hydrogen) atoms. The second kappa shape index (κ2) is 6.77. The monoisotopic (exact) mass is 297 g/mol. The van der Waals surface area contributed by atoms with E-state index in [0.717, 1.165) is 32.2 Å². The van der Waals surface area contributed by atoms with Gasteiger partial charge in [0.25, 0.3) is 0 Å². The number of amides is 1. The summed E-state index contributed by atoms with van der Waals surface area (Å²) in [6.45, 7) is 3.09. The third-order valence-electron chi connectivity index (χ3n) is 4.41. The molecular formula is C18H23N3O. The molecule has 1 N–H and O–H groups in total. The van der Waals surface area contributed by atoms with Crippen LogP contribution in [-0.2, 0) is 30.6 Å². The van der Waals surface area contributed by atoms with E-state index in [0.29, 0.717) is 6.42 Å². The van der Waals surface area contributed by atoms with Crippen molar-refractivity contribution < 1.29 is 4.79 Å². The number of aryl methyl sites for hydroxylation is 3. The lowest BCUT2D eigenvalue weighted by Gasteiger charge is -2.24. The molecule has 1 unspecified atom stereocenters. The van der Waals surface area contributed by atoms with Crippen LogP contribution in [0.2, 0.25) is 0 Å². The van der Waals surface area contributed by atoms with Crippen molar-refractivity contribution in [3.8, 4) is 0 Å². The standard InChI is InChI=1S/C18H23N3O/c1-2-14-3-5-15(6-4-14)7-8-18(22)20-16-9-10-21-13-19-12-17(21)11-16/h3-6,12-13,16H,2,7-11H2,1H3,(H,20,22). The van der Waals surface area contributed by atoms with Crippen molar-refractivity contribution in [3.05, 3.63) is 53.6 Å². The quantitative estimate of drug-likeness (QED) is 0.922. The summed E-state index contributed by atoms with van der Waals surface area (Å²) in [5, 5.41) is 3.16. The Hall–Kier alpha value is -2.10. The van der Waals surface area contributed by atoms with E-state index in [1.165, 1.54) is 16.8 Å². The molecule has 1 amide bonds. The van der Waals surface area contributed by atoms with E-state index in [1.54, 1.807) is 0 Å². The summed E-state index contributed by atoms with van der Waals surface area (Å²) in [6, 6.07) is 8.81. The maximum Gasteiger partial charge on any atom is 0.220 e. The highest BCUT2D eigenvalue weighted by molar-refractivity contribution is 5.76. The van der Waals surface area contributed by atoms with Gasteiger partial charge in [0, 0.05) is 37.3 Å². The number of hydrogen-bond donors (Lipinski definition) is 1. The number of carbonyl (C=O) groups excluding carboxylic acids is 1. The van der Waals surface area contributed by atoms with Gasteiger partial charge < -0.3 is 9.88 Å². The van der Waals surface area contributed by atoms with Gasteiger partial charge in [0.2, 0.25) is 5.91 Å². The van der Waals surface area contributed by atoms with Crippen molar-refractivity contribution in [3.63, 3.8) is 0 Å². The van der Waals surface area contributed by atoms with Crippen LogP contribution in [0.4, 0.5) is 0 Å². The fraction of sp³-hybridized carbons (Fsp3) is 0.444. The number of carbonyl (C=O) groups is 1. The van der Waals surface area contributed by atoms with E-state index in [2.05, 4.69) is 46.1 Å². The molecule has 1 aromatic carbocycles. The topological polar surface area (TPSA) is 46.9 Å². The van der Waals surface area contributed by atoms with Crippen LogP contribution in [0.15, 0.2) is 36.8 Å². The molecule has 0 saturated heterocycles. The lowest BCUT2D eigenvalue weighted by atomic mass is 10.0. The molecule has 1 atom stereocenters. The second-order valence-electron chi connectivity index (χ2n) is 6.01. The minimum absolute atomic E-state index is 0.150. The first-order chi connectivity index (χ1) is 10.7. The Morgan fingerprint density at radius 1 is 1.32 bits per heavy atom. The van der Waals surface area contributed by atoms with Gasteiger partial charge in [0.15, 0.2) is 0 Å². The number of benzene rings is 1. The Balaban J connectivity index is 1.46. The molecule has 0 saturated carbocycles. The van der Waals surface area contributed by atoms with Gasteiger partial charge in [-0.25, -0.2) is 4.98 Å². The second-order valence-corrected chi connectivity index (χ2v) is 6.01. The van der Waals surface area contributed by atoms with Crippen molar-refractivity contribution in [1.29, 1.82) is 0 Å². The van der Waals surface area contributed by atoms with Gasteiger partial charge >= 0.3 is 0 Å². The van der Waals surface area contributed by atoms with Gasteiger partial charge in [0.05, 0.1) is 6.33 Å². The van der Waals surface area contributed by atoms with Crippen molar-refractivity contribution in [2.75, 3.05) is 0 Å². The third kappa shape index (κ3) is 3.56. The Kier molecular flexibility index (Phi) is 4.56. The predicted octanol–water partition coefficient (Wildman–Crippen LogP) is 2.51. The van der Waals surface area contributed by atoms with Crippen molar-refractivity contribution >= 4 is 5.91 Å². The van der Waals surface area contributed by atoms with Gasteiger partial charge in [-0.1, -0.05) is 31.2 Å². The third-order valence-corrected chi connectivity index (χ3v) is 4.41. The van der Waals surface area contributed by atoms with E-state index in [9.17, 15) is 4.79 Å². The Morgan fingerprint density at radius 3 is 2.86 bits per heavy atom. The molecule has 0 bridgehead atoms. The number of nitrogens with one attached hydrogen (secondary N) is 1. The van der Waals surface area contributed by atoms with E-state index in [1.807, 2.05) is 12.5 Å². The summed E-state index contributed by atoms with van der Waals surface area (Å²) in [4.78, 5) is 16.3. The smallest absolute Gasteiger partial charge is 0.220 e. The maximum atomic E-state index is 12.1. The summed E-state index contributed by atoms with van der Waals surface area (Å²) >= 11 is 0. The zero-order chi connectivity index (χ0) is 15.4. The van der Waals surface area contributed by atoms with Gasteiger partial charge in [-0.3, -0.25) is 4.79 Å².